The fraction of sp³-hybridized carbons (Fsp3) is 0.222. The van der Waals surface area contributed by atoms with Crippen LogP contribution in [0.1, 0.15) is 18.2 Å². The number of hydrogen-bond donors (Lipinski definition) is 2. The van der Waals surface area contributed by atoms with E-state index in [0.29, 0.717) is 19.0 Å². The summed E-state index contributed by atoms with van der Waals surface area (Å²) < 4.78 is 16.2. The summed E-state index contributed by atoms with van der Waals surface area (Å²) in [5.74, 6) is 0.423. The molecule has 0 unspecified atom stereocenters. The van der Waals surface area contributed by atoms with Crippen molar-refractivity contribution in [2.24, 2.45) is 4.99 Å². The number of aromatic nitrogens is 2. The lowest BCUT2D eigenvalue weighted by molar-refractivity contribution is 0.625. The van der Waals surface area contributed by atoms with E-state index < -0.39 is 0 Å². The van der Waals surface area contributed by atoms with Gasteiger partial charge < -0.3 is 15.0 Å². The molecule has 3 aromatic rings. The van der Waals surface area contributed by atoms with E-state index in [4.69, 9.17) is 0 Å². The number of benzene rings is 1. The van der Waals surface area contributed by atoms with Crippen LogP contribution in [0, 0.1) is 5.82 Å². The minimum Gasteiger partial charge on any atom is -0.357 e. The highest BCUT2D eigenvalue weighted by molar-refractivity contribution is 14.0. The van der Waals surface area contributed by atoms with Crippen LogP contribution < -0.4 is 10.6 Å². The third-order valence-corrected chi connectivity index (χ3v) is 4.02. The van der Waals surface area contributed by atoms with Crippen LogP contribution in [0.15, 0.2) is 58.3 Å². The highest BCUT2D eigenvalue weighted by Gasteiger charge is 2.04. The van der Waals surface area contributed by atoms with Crippen molar-refractivity contribution in [3.63, 3.8) is 0 Å². The normalized spacial score (nSPS) is 11.3. The zero-order valence-corrected chi connectivity index (χ0v) is 18.2. The second-order valence-electron chi connectivity index (χ2n) is 5.52. The molecule has 0 spiro atoms. The van der Waals surface area contributed by atoms with Crippen molar-refractivity contribution in [3.05, 3.63) is 70.3 Å². The number of aliphatic imine (C=N–C) groups is 1. The molecule has 0 amide bonds. The Morgan fingerprint density at radius 1 is 1.23 bits per heavy atom. The summed E-state index contributed by atoms with van der Waals surface area (Å²) >= 11 is 3.45. The Hall–Kier alpha value is -1.68. The van der Waals surface area contributed by atoms with E-state index in [2.05, 4.69) is 36.5 Å². The average Bonchev–Trinajstić information content (AvgIpc) is 2.99. The first-order valence-electron chi connectivity index (χ1n) is 8.04. The molecular formula is C18H20BrFIN5. The predicted octanol–water partition coefficient (Wildman–Crippen LogP) is 4.11. The number of nitrogens with zero attached hydrogens (tertiary/aromatic N) is 3. The van der Waals surface area contributed by atoms with Gasteiger partial charge in [0, 0.05) is 23.4 Å². The fourth-order valence-corrected chi connectivity index (χ4v) is 2.78. The summed E-state index contributed by atoms with van der Waals surface area (Å²) in [4.78, 5) is 9.06. The second-order valence-corrected chi connectivity index (χ2v) is 6.44. The lowest BCUT2D eigenvalue weighted by Gasteiger charge is -2.10. The smallest absolute Gasteiger partial charge is 0.191 e. The maximum Gasteiger partial charge on any atom is 0.191 e. The summed E-state index contributed by atoms with van der Waals surface area (Å²) in [6.07, 6.45) is 3.94. The van der Waals surface area contributed by atoms with Crippen molar-refractivity contribution in [1.29, 1.82) is 0 Å². The van der Waals surface area contributed by atoms with Crippen LogP contribution in [-0.4, -0.2) is 21.9 Å². The van der Waals surface area contributed by atoms with Crippen LogP contribution in [-0.2, 0) is 13.1 Å². The Morgan fingerprint density at radius 2 is 2.08 bits per heavy atom. The standard InChI is InChI=1S/C18H19BrFN5.HI/c1-2-21-18(22-9-13-4-3-5-15(20)8-13)23-10-16-12-25-11-14(19)6-7-17(25)24-16;/h3-8,11-12H,2,9-10H2,1H3,(H2,21,22,23);1H. The van der Waals surface area contributed by atoms with Gasteiger partial charge in [0.05, 0.1) is 18.8 Å². The molecule has 1 aromatic carbocycles. The Balaban J connectivity index is 0.00000243. The molecule has 0 aliphatic carbocycles. The number of hydrogen-bond acceptors (Lipinski definition) is 2. The van der Waals surface area contributed by atoms with E-state index in [0.717, 1.165) is 27.9 Å². The van der Waals surface area contributed by atoms with Crippen LogP contribution in [0.2, 0.25) is 0 Å². The summed E-state index contributed by atoms with van der Waals surface area (Å²) in [6.45, 7) is 3.70. The number of rotatable bonds is 5. The first kappa shape index (κ1) is 20.6. The van der Waals surface area contributed by atoms with Crippen LogP contribution in [0.3, 0.4) is 0 Å². The van der Waals surface area contributed by atoms with Gasteiger partial charge in [-0.2, -0.15) is 0 Å². The van der Waals surface area contributed by atoms with Gasteiger partial charge in [-0.15, -0.1) is 24.0 Å². The molecule has 0 fully saturated rings. The fourth-order valence-electron chi connectivity index (χ4n) is 2.42. The number of imidazole rings is 1. The van der Waals surface area contributed by atoms with Crippen LogP contribution in [0.5, 0.6) is 0 Å². The van der Waals surface area contributed by atoms with Gasteiger partial charge in [0.15, 0.2) is 5.96 Å². The predicted molar refractivity (Wildman–Crippen MR) is 116 cm³/mol. The summed E-state index contributed by atoms with van der Waals surface area (Å²) in [5, 5.41) is 6.44. The van der Waals surface area contributed by atoms with Crippen molar-refractivity contribution >= 4 is 51.5 Å². The van der Waals surface area contributed by atoms with Gasteiger partial charge in [-0.05, 0) is 52.7 Å². The molecule has 138 valence electrons. The van der Waals surface area contributed by atoms with E-state index in [1.165, 1.54) is 12.1 Å². The molecule has 3 rings (SSSR count). The zero-order chi connectivity index (χ0) is 17.6. The van der Waals surface area contributed by atoms with Gasteiger partial charge in [0.2, 0.25) is 0 Å². The monoisotopic (exact) mass is 531 g/mol. The SMILES string of the molecule is CCNC(=NCc1cccc(F)c1)NCc1cn2cc(Br)ccc2n1.I. The lowest BCUT2D eigenvalue weighted by atomic mass is 10.2. The van der Waals surface area contributed by atoms with E-state index in [1.54, 1.807) is 6.07 Å². The number of nitrogens with one attached hydrogen (secondary N) is 2. The minimum absolute atomic E-state index is 0. The zero-order valence-electron chi connectivity index (χ0n) is 14.2. The highest BCUT2D eigenvalue weighted by Crippen LogP contribution is 2.12. The number of pyridine rings is 1. The molecule has 2 N–H and O–H groups in total. The molecule has 0 aliphatic rings. The van der Waals surface area contributed by atoms with Gasteiger partial charge in [0.25, 0.3) is 0 Å². The quantitative estimate of drug-likeness (QED) is 0.296. The van der Waals surface area contributed by atoms with Gasteiger partial charge in [0.1, 0.15) is 11.5 Å². The average molecular weight is 532 g/mol. The maximum atomic E-state index is 13.2. The van der Waals surface area contributed by atoms with Crippen molar-refractivity contribution in [2.45, 2.75) is 20.0 Å². The number of guanidine groups is 1. The Morgan fingerprint density at radius 3 is 2.85 bits per heavy atom. The molecule has 0 atom stereocenters. The molecular weight excluding hydrogens is 512 g/mol. The van der Waals surface area contributed by atoms with Gasteiger partial charge in [-0.1, -0.05) is 12.1 Å². The highest BCUT2D eigenvalue weighted by atomic mass is 127. The molecule has 26 heavy (non-hydrogen) atoms. The molecule has 0 saturated carbocycles. The molecule has 0 radical (unpaired) electrons. The molecule has 0 bridgehead atoms. The Labute approximate surface area is 177 Å². The van der Waals surface area contributed by atoms with Gasteiger partial charge in [-0.25, -0.2) is 14.4 Å². The first-order chi connectivity index (χ1) is 12.1. The van der Waals surface area contributed by atoms with Crippen LogP contribution >= 0.6 is 39.9 Å². The summed E-state index contributed by atoms with van der Waals surface area (Å²) in [5.41, 5.74) is 2.63. The molecule has 2 heterocycles. The molecule has 0 aliphatic heterocycles. The van der Waals surface area contributed by atoms with Crippen molar-refractivity contribution in [2.75, 3.05) is 6.54 Å². The number of halogens is 3. The third-order valence-electron chi connectivity index (χ3n) is 3.55. The van der Waals surface area contributed by atoms with E-state index in [9.17, 15) is 4.39 Å². The van der Waals surface area contributed by atoms with Crippen molar-refractivity contribution in [3.8, 4) is 0 Å². The molecule has 8 heteroatoms. The largest absolute Gasteiger partial charge is 0.357 e. The first-order valence-corrected chi connectivity index (χ1v) is 8.83. The molecule has 5 nitrogen and oxygen atoms in total. The summed E-state index contributed by atoms with van der Waals surface area (Å²) in [7, 11) is 0. The van der Waals surface area contributed by atoms with Crippen molar-refractivity contribution in [1.82, 2.24) is 20.0 Å². The maximum absolute atomic E-state index is 13.2. The van der Waals surface area contributed by atoms with E-state index in [-0.39, 0.29) is 29.8 Å². The molecule has 0 saturated heterocycles. The number of fused-ring (bicyclic) bond motifs is 1. The van der Waals surface area contributed by atoms with Crippen LogP contribution in [0.25, 0.3) is 5.65 Å². The minimum atomic E-state index is -0.249. The van der Waals surface area contributed by atoms with Crippen LogP contribution in [0.4, 0.5) is 4.39 Å². The molecule has 2 aromatic heterocycles. The van der Waals surface area contributed by atoms with E-state index in [1.807, 2.05) is 41.9 Å². The third kappa shape index (κ3) is 5.66. The Kier molecular flexibility index (Phi) is 7.83. The van der Waals surface area contributed by atoms with Gasteiger partial charge in [-0.3, -0.25) is 0 Å². The summed E-state index contributed by atoms with van der Waals surface area (Å²) in [6, 6.07) is 10.4. The lowest BCUT2D eigenvalue weighted by Crippen LogP contribution is -2.36. The van der Waals surface area contributed by atoms with E-state index >= 15 is 0 Å². The van der Waals surface area contributed by atoms with Gasteiger partial charge >= 0.3 is 0 Å². The Bertz CT molecular complexity index is 896. The topological polar surface area (TPSA) is 53.7 Å². The second kappa shape index (κ2) is 9.86. The van der Waals surface area contributed by atoms with Crippen molar-refractivity contribution < 1.29 is 4.39 Å².